The standard InChI is InChI=1S/C8H4ClFN2S/c9-8-7(11-13-12-8)5-3-1-2-4-6(5)10/h1-4H. The van der Waals surface area contributed by atoms with Crippen LogP contribution in [0.5, 0.6) is 0 Å². The van der Waals surface area contributed by atoms with E-state index in [0.717, 1.165) is 11.7 Å². The molecule has 0 saturated heterocycles. The molecule has 0 unspecified atom stereocenters. The third-order valence-corrected chi connectivity index (χ3v) is 2.47. The van der Waals surface area contributed by atoms with Crippen molar-refractivity contribution >= 4 is 23.3 Å². The summed E-state index contributed by atoms with van der Waals surface area (Å²) in [5, 5.41) is 0.245. The maximum Gasteiger partial charge on any atom is 0.170 e. The molecule has 1 heterocycles. The molecule has 5 heteroatoms. The zero-order valence-electron chi connectivity index (χ0n) is 6.37. The summed E-state index contributed by atoms with van der Waals surface area (Å²) >= 11 is 6.69. The molecule has 0 amide bonds. The second-order valence-corrected chi connectivity index (χ2v) is 3.27. The minimum atomic E-state index is -0.336. The summed E-state index contributed by atoms with van der Waals surface area (Å²) in [7, 11) is 0. The van der Waals surface area contributed by atoms with E-state index in [0.29, 0.717) is 11.3 Å². The Morgan fingerprint density at radius 1 is 1.23 bits per heavy atom. The van der Waals surface area contributed by atoms with E-state index >= 15 is 0 Å². The molecule has 1 aromatic carbocycles. The van der Waals surface area contributed by atoms with E-state index < -0.39 is 0 Å². The summed E-state index contributed by atoms with van der Waals surface area (Å²) in [6.07, 6.45) is 0. The van der Waals surface area contributed by atoms with Crippen LogP contribution in [0.2, 0.25) is 5.15 Å². The van der Waals surface area contributed by atoms with Crippen LogP contribution >= 0.6 is 23.3 Å². The molecular weight excluding hydrogens is 211 g/mol. The highest BCUT2D eigenvalue weighted by molar-refractivity contribution is 6.99. The summed E-state index contributed by atoms with van der Waals surface area (Å²) in [6, 6.07) is 6.34. The zero-order valence-corrected chi connectivity index (χ0v) is 7.94. The van der Waals surface area contributed by atoms with E-state index in [4.69, 9.17) is 11.6 Å². The van der Waals surface area contributed by atoms with Crippen LogP contribution in [0, 0.1) is 5.82 Å². The van der Waals surface area contributed by atoms with Gasteiger partial charge in [0.05, 0.1) is 11.7 Å². The van der Waals surface area contributed by atoms with E-state index in [2.05, 4.69) is 8.75 Å². The number of rotatable bonds is 1. The van der Waals surface area contributed by atoms with E-state index in [1.807, 2.05) is 0 Å². The molecule has 13 heavy (non-hydrogen) atoms. The number of benzene rings is 1. The zero-order chi connectivity index (χ0) is 9.26. The van der Waals surface area contributed by atoms with Crippen LogP contribution in [0.15, 0.2) is 24.3 Å². The molecule has 2 rings (SSSR count). The predicted molar refractivity (Wildman–Crippen MR) is 50.3 cm³/mol. The van der Waals surface area contributed by atoms with Crippen LogP contribution < -0.4 is 0 Å². The Labute approximate surface area is 83.3 Å². The minimum Gasteiger partial charge on any atom is -0.206 e. The van der Waals surface area contributed by atoms with Gasteiger partial charge in [0.2, 0.25) is 0 Å². The number of aromatic nitrogens is 2. The van der Waals surface area contributed by atoms with Gasteiger partial charge in [-0.25, -0.2) is 4.39 Å². The third-order valence-electron chi connectivity index (χ3n) is 1.58. The van der Waals surface area contributed by atoms with E-state index in [9.17, 15) is 4.39 Å². The Balaban J connectivity index is 2.59. The van der Waals surface area contributed by atoms with Crippen LogP contribution in [-0.4, -0.2) is 8.75 Å². The van der Waals surface area contributed by atoms with E-state index in [1.54, 1.807) is 18.2 Å². The highest BCUT2D eigenvalue weighted by Gasteiger charge is 2.11. The number of nitrogens with zero attached hydrogens (tertiary/aromatic N) is 2. The van der Waals surface area contributed by atoms with Crippen molar-refractivity contribution in [1.82, 2.24) is 8.75 Å². The fourth-order valence-corrected chi connectivity index (χ4v) is 1.74. The fraction of sp³-hybridized carbons (Fsp3) is 0. The summed E-state index contributed by atoms with van der Waals surface area (Å²) in [5.74, 6) is -0.336. The lowest BCUT2D eigenvalue weighted by Gasteiger charge is -1.97. The SMILES string of the molecule is Fc1ccccc1-c1nsnc1Cl. The van der Waals surface area contributed by atoms with Crippen molar-refractivity contribution in [2.24, 2.45) is 0 Å². The van der Waals surface area contributed by atoms with Crippen molar-refractivity contribution in [3.8, 4) is 11.3 Å². The van der Waals surface area contributed by atoms with E-state index in [1.165, 1.54) is 6.07 Å². The smallest absolute Gasteiger partial charge is 0.170 e. The molecule has 66 valence electrons. The van der Waals surface area contributed by atoms with Gasteiger partial charge in [-0.15, -0.1) is 0 Å². The van der Waals surface area contributed by atoms with Crippen molar-refractivity contribution in [2.75, 3.05) is 0 Å². The van der Waals surface area contributed by atoms with Crippen LogP contribution in [-0.2, 0) is 0 Å². The topological polar surface area (TPSA) is 25.8 Å². The quantitative estimate of drug-likeness (QED) is 0.729. The molecule has 1 aromatic heterocycles. The molecule has 0 aliphatic carbocycles. The third kappa shape index (κ3) is 1.55. The highest BCUT2D eigenvalue weighted by Crippen LogP contribution is 2.27. The number of hydrogen-bond acceptors (Lipinski definition) is 3. The first-order valence-corrected chi connectivity index (χ1v) is 4.63. The predicted octanol–water partition coefficient (Wildman–Crippen LogP) is 3.00. The molecule has 0 saturated carbocycles. The van der Waals surface area contributed by atoms with Gasteiger partial charge in [0.1, 0.15) is 11.5 Å². The lowest BCUT2D eigenvalue weighted by molar-refractivity contribution is 0.631. The minimum absolute atomic E-state index is 0.245. The first-order chi connectivity index (χ1) is 6.29. The van der Waals surface area contributed by atoms with Crippen molar-refractivity contribution < 1.29 is 4.39 Å². The van der Waals surface area contributed by atoms with Gasteiger partial charge in [-0.1, -0.05) is 23.7 Å². The average molecular weight is 215 g/mol. The Hall–Kier alpha value is -1.00. The summed E-state index contributed by atoms with van der Waals surface area (Å²) in [5.41, 5.74) is 0.797. The van der Waals surface area contributed by atoms with Gasteiger partial charge in [0.15, 0.2) is 5.15 Å². The van der Waals surface area contributed by atoms with Gasteiger partial charge in [0, 0.05) is 5.56 Å². The molecule has 2 aromatic rings. The first-order valence-electron chi connectivity index (χ1n) is 3.52. The van der Waals surface area contributed by atoms with Gasteiger partial charge in [-0.2, -0.15) is 8.75 Å². The normalized spacial score (nSPS) is 10.3. The molecule has 0 spiro atoms. The summed E-state index contributed by atoms with van der Waals surface area (Å²) in [4.78, 5) is 0. The molecule has 0 aliphatic rings. The van der Waals surface area contributed by atoms with Gasteiger partial charge >= 0.3 is 0 Å². The Morgan fingerprint density at radius 3 is 2.62 bits per heavy atom. The van der Waals surface area contributed by atoms with Gasteiger partial charge in [-0.3, -0.25) is 0 Å². The van der Waals surface area contributed by atoms with Gasteiger partial charge in [-0.05, 0) is 12.1 Å². The summed E-state index contributed by atoms with van der Waals surface area (Å²) < 4.78 is 20.9. The maximum atomic E-state index is 13.2. The second-order valence-electron chi connectivity index (χ2n) is 2.38. The largest absolute Gasteiger partial charge is 0.206 e. The fourth-order valence-electron chi connectivity index (χ4n) is 0.992. The molecule has 0 aliphatic heterocycles. The van der Waals surface area contributed by atoms with Crippen molar-refractivity contribution in [1.29, 1.82) is 0 Å². The van der Waals surface area contributed by atoms with Crippen molar-refractivity contribution in [3.05, 3.63) is 35.2 Å². The average Bonchev–Trinajstić information content (AvgIpc) is 2.52. The summed E-state index contributed by atoms with van der Waals surface area (Å²) in [6.45, 7) is 0. The first kappa shape index (κ1) is 8.59. The monoisotopic (exact) mass is 214 g/mol. The van der Waals surface area contributed by atoms with Gasteiger partial charge < -0.3 is 0 Å². The van der Waals surface area contributed by atoms with Crippen LogP contribution in [0.3, 0.4) is 0 Å². The Morgan fingerprint density at radius 2 is 2.00 bits per heavy atom. The molecule has 2 nitrogen and oxygen atoms in total. The Bertz CT molecular complexity index is 430. The maximum absolute atomic E-state index is 13.2. The molecule has 0 radical (unpaired) electrons. The van der Waals surface area contributed by atoms with Crippen LogP contribution in [0.4, 0.5) is 4.39 Å². The molecule has 0 atom stereocenters. The van der Waals surface area contributed by atoms with Crippen LogP contribution in [0.25, 0.3) is 11.3 Å². The molecule has 0 N–H and O–H groups in total. The second kappa shape index (κ2) is 3.40. The molecular formula is C8H4ClFN2S. The lowest BCUT2D eigenvalue weighted by atomic mass is 10.1. The highest BCUT2D eigenvalue weighted by atomic mass is 35.5. The van der Waals surface area contributed by atoms with Gasteiger partial charge in [0.25, 0.3) is 0 Å². The van der Waals surface area contributed by atoms with E-state index in [-0.39, 0.29) is 11.0 Å². The lowest BCUT2D eigenvalue weighted by Crippen LogP contribution is -1.83. The van der Waals surface area contributed by atoms with Crippen molar-refractivity contribution in [3.63, 3.8) is 0 Å². The van der Waals surface area contributed by atoms with Crippen LogP contribution in [0.1, 0.15) is 0 Å². The molecule has 0 bridgehead atoms. The number of halogens is 2. The number of hydrogen-bond donors (Lipinski definition) is 0. The molecule has 0 fully saturated rings. The van der Waals surface area contributed by atoms with Crippen molar-refractivity contribution in [2.45, 2.75) is 0 Å². The Kier molecular flexibility index (Phi) is 2.24.